The van der Waals surface area contributed by atoms with Crippen molar-refractivity contribution in [2.75, 3.05) is 25.0 Å². The van der Waals surface area contributed by atoms with Gasteiger partial charge in [-0.25, -0.2) is 0 Å². The van der Waals surface area contributed by atoms with Crippen LogP contribution in [-0.2, 0) is 13.0 Å². The van der Waals surface area contributed by atoms with E-state index in [2.05, 4.69) is 20.8 Å². The summed E-state index contributed by atoms with van der Waals surface area (Å²) in [5, 5.41) is 22.2. The van der Waals surface area contributed by atoms with Crippen LogP contribution in [0.1, 0.15) is 57.8 Å². The molecule has 2 aromatic rings. The number of fused-ring (bicyclic) bond motifs is 1. The number of hydrogen-bond acceptors (Lipinski definition) is 5. The van der Waals surface area contributed by atoms with Crippen molar-refractivity contribution in [1.82, 2.24) is 20.4 Å². The average molecular weight is 397 g/mol. The first kappa shape index (κ1) is 19.4. The van der Waals surface area contributed by atoms with Crippen LogP contribution in [0.25, 0.3) is 0 Å². The van der Waals surface area contributed by atoms with Crippen LogP contribution in [0.3, 0.4) is 0 Å². The van der Waals surface area contributed by atoms with Crippen LogP contribution in [0, 0.1) is 0 Å². The van der Waals surface area contributed by atoms with Crippen molar-refractivity contribution in [3.8, 4) is 0 Å². The third-order valence-electron chi connectivity index (χ3n) is 5.71. The van der Waals surface area contributed by atoms with Gasteiger partial charge in [0.25, 0.3) is 11.8 Å². The van der Waals surface area contributed by atoms with E-state index >= 15 is 0 Å². The van der Waals surface area contributed by atoms with Crippen molar-refractivity contribution in [2.24, 2.45) is 0 Å². The van der Waals surface area contributed by atoms with Crippen LogP contribution in [0.2, 0.25) is 0 Å². The number of H-pyrrole nitrogens is 1. The summed E-state index contributed by atoms with van der Waals surface area (Å²) in [5.74, 6) is -0.285. The number of aliphatic hydroxyl groups is 1. The second-order valence-corrected chi connectivity index (χ2v) is 7.70. The zero-order valence-corrected chi connectivity index (χ0v) is 16.4. The molecule has 154 valence electrons. The smallest absolute Gasteiger partial charge is 0.274 e. The molecule has 8 nitrogen and oxygen atoms in total. The monoisotopic (exact) mass is 397 g/mol. The molecule has 1 unspecified atom stereocenters. The SMILES string of the molecule is O=C(NCC1CCCN1C(=O)c1cc(CO)[nH]n1)c1ccc2c(c1)CCCCN2. The number of amides is 2. The Hall–Kier alpha value is -2.87. The van der Waals surface area contributed by atoms with E-state index in [4.69, 9.17) is 5.11 Å². The van der Waals surface area contributed by atoms with Crippen LogP contribution in [-0.4, -0.2) is 57.7 Å². The van der Waals surface area contributed by atoms with Gasteiger partial charge in [-0.1, -0.05) is 0 Å². The summed E-state index contributed by atoms with van der Waals surface area (Å²) >= 11 is 0. The number of aromatic nitrogens is 2. The van der Waals surface area contributed by atoms with E-state index in [1.165, 1.54) is 5.56 Å². The highest BCUT2D eigenvalue weighted by atomic mass is 16.3. The van der Waals surface area contributed by atoms with Crippen LogP contribution in [0.4, 0.5) is 5.69 Å². The maximum absolute atomic E-state index is 12.7. The number of aryl methyl sites for hydroxylation is 1. The molecule has 29 heavy (non-hydrogen) atoms. The Morgan fingerprint density at radius 3 is 2.97 bits per heavy atom. The van der Waals surface area contributed by atoms with Gasteiger partial charge in [-0.05, 0) is 61.9 Å². The minimum Gasteiger partial charge on any atom is -0.390 e. The average Bonchev–Trinajstić information content (AvgIpc) is 3.35. The standard InChI is InChI=1S/C21H27N5O3/c27-13-16-11-19(25-24-16)21(29)26-9-3-5-17(26)12-23-20(28)15-6-7-18-14(10-15)4-1-2-8-22-18/h6-7,10-11,17,22,27H,1-5,8-9,12-13H2,(H,23,28)(H,24,25). The number of anilines is 1. The molecule has 4 rings (SSSR count). The van der Waals surface area contributed by atoms with Crippen molar-refractivity contribution in [3.63, 3.8) is 0 Å². The van der Waals surface area contributed by atoms with Gasteiger partial charge in [0.2, 0.25) is 0 Å². The lowest BCUT2D eigenvalue weighted by atomic mass is 10.0. The molecule has 0 saturated carbocycles. The fourth-order valence-electron chi connectivity index (χ4n) is 4.10. The highest BCUT2D eigenvalue weighted by Crippen LogP contribution is 2.23. The molecule has 3 heterocycles. The summed E-state index contributed by atoms with van der Waals surface area (Å²) in [6, 6.07) is 7.32. The zero-order valence-electron chi connectivity index (χ0n) is 16.4. The topological polar surface area (TPSA) is 110 Å². The fraction of sp³-hybridized carbons (Fsp3) is 0.476. The van der Waals surface area contributed by atoms with Crippen molar-refractivity contribution >= 4 is 17.5 Å². The lowest BCUT2D eigenvalue weighted by Crippen LogP contribution is -2.43. The van der Waals surface area contributed by atoms with Gasteiger partial charge in [-0.2, -0.15) is 5.10 Å². The second kappa shape index (κ2) is 8.65. The number of likely N-dealkylation sites (tertiary alicyclic amines) is 1. The number of rotatable bonds is 5. The molecule has 0 aliphatic carbocycles. The molecule has 1 atom stereocenters. The predicted molar refractivity (Wildman–Crippen MR) is 109 cm³/mol. The van der Waals surface area contributed by atoms with E-state index in [9.17, 15) is 9.59 Å². The van der Waals surface area contributed by atoms with Crippen molar-refractivity contribution in [2.45, 2.75) is 44.8 Å². The van der Waals surface area contributed by atoms with E-state index in [-0.39, 0.29) is 24.5 Å². The Kier molecular flexibility index (Phi) is 5.80. The van der Waals surface area contributed by atoms with Crippen molar-refractivity contribution in [3.05, 3.63) is 46.8 Å². The number of aromatic amines is 1. The number of carbonyl (C=O) groups is 2. The van der Waals surface area contributed by atoms with Crippen molar-refractivity contribution < 1.29 is 14.7 Å². The van der Waals surface area contributed by atoms with E-state index in [1.54, 1.807) is 11.0 Å². The molecule has 1 fully saturated rings. The van der Waals surface area contributed by atoms with Gasteiger partial charge >= 0.3 is 0 Å². The van der Waals surface area contributed by atoms with E-state index in [1.807, 2.05) is 18.2 Å². The third-order valence-corrected chi connectivity index (χ3v) is 5.71. The quantitative estimate of drug-likeness (QED) is 0.614. The van der Waals surface area contributed by atoms with Gasteiger partial charge in [0.15, 0.2) is 5.69 Å². The fourth-order valence-corrected chi connectivity index (χ4v) is 4.10. The minimum absolute atomic E-state index is 0.0526. The molecule has 0 spiro atoms. The summed E-state index contributed by atoms with van der Waals surface area (Å²) in [4.78, 5) is 27.2. The van der Waals surface area contributed by atoms with E-state index in [0.717, 1.165) is 44.3 Å². The van der Waals surface area contributed by atoms with Gasteiger partial charge in [0.1, 0.15) is 0 Å². The Balaban J connectivity index is 1.38. The molecular formula is C21H27N5O3. The molecule has 4 N–H and O–H groups in total. The summed E-state index contributed by atoms with van der Waals surface area (Å²) < 4.78 is 0. The number of aliphatic hydroxyl groups excluding tert-OH is 1. The lowest BCUT2D eigenvalue weighted by Gasteiger charge is -2.24. The maximum atomic E-state index is 12.7. The number of hydrogen-bond donors (Lipinski definition) is 4. The minimum atomic E-state index is -0.184. The maximum Gasteiger partial charge on any atom is 0.274 e. The van der Waals surface area contributed by atoms with Crippen LogP contribution < -0.4 is 10.6 Å². The molecule has 8 heteroatoms. The Morgan fingerprint density at radius 2 is 2.14 bits per heavy atom. The first-order valence-electron chi connectivity index (χ1n) is 10.3. The van der Waals surface area contributed by atoms with Gasteiger partial charge in [-0.3, -0.25) is 14.7 Å². The Bertz CT molecular complexity index is 894. The third kappa shape index (κ3) is 4.27. The van der Waals surface area contributed by atoms with E-state index < -0.39 is 0 Å². The first-order valence-corrected chi connectivity index (χ1v) is 10.3. The zero-order chi connectivity index (χ0) is 20.2. The van der Waals surface area contributed by atoms with E-state index in [0.29, 0.717) is 30.0 Å². The summed E-state index contributed by atoms with van der Waals surface area (Å²) in [7, 11) is 0. The molecule has 0 radical (unpaired) electrons. The van der Waals surface area contributed by atoms with Gasteiger partial charge < -0.3 is 20.6 Å². The molecule has 1 aromatic carbocycles. The first-order chi connectivity index (χ1) is 14.2. The normalized spacial score (nSPS) is 18.7. The number of benzene rings is 1. The molecule has 1 aromatic heterocycles. The largest absolute Gasteiger partial charge is 0.390 e. The highest BCUT2D eigenvalue weighted by Gasteiger charge is 2.31. The summed E-state index contributed by atoms with van der Waals surface area (Å²) in [5.41, 5.74) is 3.77. The molecule has 1 saturated heterocycles. The molecule has 2 aliphatic heterocycles. The summed E-state index contributed by atoms with van der Waals surface area (Å²) in [6.07, 6.45) is 4.98. The van der Waals surface area contributed by atoms with Gasteiger partial charge in [0, 0.05) is 36.9 Å². The molecule has 0 bridgehead atoms. The molecular weight excluding hydrogens is 370 g/mol. The van der Waals surface area contributed by atoms with Crippen LogP contribution in [0.5, 0.6) is 0 Å². The van der Waals surface area contributed by atoms with Gasteiger partial charge in [0.05, 0.1) is 12.3 Å². The highest BCUT2D eigenvalue weighted by molar-refractivity contribution is 5.95. The summed E-state index contributed by atoms with van der Waals surface area (Å²) in [6.45, 7) is 1.85. The number of nitrogens with one attached hydrogen (secondary N) is 3. The number of carbonyl (C=O) groups excluding carboxylic acids is 2. The Morgan fingerprint density at radius 1 is 1.24 bits per heavy atom. The Labute approximate surface area is 169 Å². The lowest BCUT2D eigenvalue weighted by molar-refractivity contribution is 0.0719. The van der Waals surface area contributed by atoms with Crippen LogP contribution in [0.15, 0.2) is 24.3 Å². The van der Waals surface area contributed by atoms with Crippen molar-refractivity contribution in [1.29, 1.82) is 0 Å². The predicted octanol–water partition coefficient (Wildman–Crippen LogP) is 1.68. The molecule has 2 aliphatic rings. The van der Waals surface area contributed by atoms with Gasteiger partial charge in [-0.15, -0.1) is 0 Å². The second-order valence-electron chi connectivity index (χ2n) is 7.70. The van der Waals surface area contributed by atoms with Crippen LogP contribution >= 0.6 is 0 Å². The number of nitrogens with zero attached hydrogens (tertiary/aromatic N) is 2. The molecule has 2 amide bonds.